The summed E-state index contributed by atoms with van der Waals surface area (Å²) in [7, 11) is 0. The van der Waals surface area contributed by atoms with Gasteiger partial charge in [-0.3, -0.25) is 4.79 Å². The zero-order valence-electron chi connectivity index (χ0n) is 9.42. The Bertz CT molecular complexity index is 410. The van der Waals surface area contributed by atoms with Crippen molar-refractivity contribution in [1.82, 2.24) is 0 Å². The second kappa shape index (κ2) is 5.03. The zero-order valence-corrected chi connectivity index (χ0v) is 9.42. The summed E-state index contributed by atoms with van der Waals surface area (Å²) in [5, 5.41) is 27.8. The maximum absolute atomic E-state index is 10.4. The van der Waals surface area contributed by atoms with E-state index >= 15 is 0 Å². The third-order valence-corrected chi connectivity index (χ3v) is 2.53. The second-order valence-corrected chi connectivity index (χ2v) is 3.95. The number of benzene rings is 1. The minimum atomic E-state index is -1.38. The maximum atomic E-state index is 10.4. The summed E-state index contributed by atoms with van der Waals surface area (Å²) in [5.41, 5.74) is 13.0. The topological polar surface area (TPSA) is 130 Å². The molecule has 7 N–H and O–H groups in total. The van der Waals surface area contributed by atoms with E-state index in [-0.39, 0.29) is 0 Å². The average Bonchev–Trinajstić information content (AvgIpc) is 2.23. The number of nitrogens with two attached hydrogens (primary N) is 2. The van der Waals surface area contributed by atoms with Crippen molar-refractivity contribution in [2.75, 3.05) is 11.5 Å². The predicted octanol–water partition coefficient (Wildman–Crippen LogP) is 0.0284. The fraction of sp³-hybridized carbons (Fsp3) is 0.364. The quantitative estimate of drug-likeness (QED) is 0.472. The summed E-state index contributed by atoms with van der Waals surface area (Å²) in [5.74, 6) is -1.18. The van der Waals surface area contributed by atoms with E-state index in [9.17, 15) is 15.0 Å². The Kier molecular flexibility index (Phi) is 3.93. The lowest BCUT2D eigenvalue weighted by atomic mass is 9.99. The summed E-state index contributed by atoms with van der Waals surface area (Å²) in [6.45, 7) is 1.71. The first-order valence-corrected chi connectivity index (χ1v) is 5.06. The summed E-state index contributed by atoms with van der Waals surface area (Å²) in [6.07, 6.45) is -3.22. The van der Waals surface area contributed by atoms with Gasteiger partial charge in [-0.2, -0.15) is 0 Å². The Labute approximate surface area is 98.5 Å². The molecule has 0 saturated heterocycles. The molecule has 0 fully saturated rings. The number of nitrogen functional groups attached to an aromatic ring is 2. The first-order chi connectivity index (χ1) is 7.82. The fourth-order valence-electron chi connectivity index (χ4n) is 1.54. The number of aliphatic carboxylic acids is 1. The Hall–Kier alpha value is -1.79. The highest BCUT2D eigenvalue weighted by molar-refractivity contribution is 5.69. The molecule has 0 radical (unpaired) electrons. The van der Waals surface area contributed by atoms with Crippen LogP contribution in [0.25, 0.3) is 0 Å². The minimum Gasteiger partial charge on any atom is -0.481 e. The van der Waals surface area contributed by atoms with E-state index in [1.54, 1.807) is 13.0 Å². The monoisotopic (exact) mass is 240 g/mol. The SMILES string of the molecule is Cc1cc(C(O)C(O)CC(=O)O)cc(N)c1N. The number of carboxylic acid groups (broad SMARTS) is 1. The van der Waals surface area contributed by atoms with Gasteiger partial charge >= 0.3 is 5.97 Å². The van der Waals surface area contributed by atoms with E-state index in [0.717, 1.165) is 0 Å². The molecule has 1 aromatic carbocycles. The van der Waals surface area contributed by atoms with Gasteiger partial charge in [0.15, 0.2) is 0 Å². The van der Waals surface area contributed by atoms with Crippen LogP contribution < -0.4 is 11.5 Å². The number of aliphatic hydroxyl groups excluding tert-OH is 2. The number of carboxylic acids is 1. The number of rotatable bonds is 4. The van der Waals surface area contributed by atoms with Crippen molar-refractivity contribution < 1.29 is 20.1 Å². The van der Waals surface area contributed by atoms with E-state index in [0.29, 0.717) is 22.5 Å². The number of anilines is 2. The molecule has 1 rings (SSSR count). The lowest BCUT2D eigenvalue weighted by Crippen LogP contribution is -2.22. The van der Waals surface area contributed by atoms with Crippen LogP contribution >= 0.6 is 0 Å². The van der Waals surface area contributed by atoms with Crippen molar-refractivity contribution in [2.24, 2.45) is 0 Å². The summed E-state index contributed by atoms with van der Waals surface area (Å²) in [6, 6.07) is 3.00. The predicted molar refractivity (Wildman–Crippen MR) is 63.2 cm³/mol. The molecular weight excluding hydrogens is 224 g/mol. The Balaban J connectivity index is 2.96. The molecule has 94 valence electrons. The molecular formula is C11H16N2O4. The normalized spacial score (nSPS) is 14.3. The van der Waals surface area contributed by atoms with Gasteiger partial charge < -0.3 is 26.8 Å². The first-order valence-electron chi connectivity index (χ1n) is 5.06. The van der Waals surface area contributed by atoms with E-state index < -0.39 is 24.6 Å². The van der Waals surface area contributed by atoms with E-state index in [1.165, 1.54) is 6.07 Å². The molecule has 1 aromatic rings. The van der Waals surface area contributed by atoms with Crippen LogP contribution in [0.5, 0.6) is 0 Å². The molecule has 0 aromatic heterocycles. The average molecular weight is 240 g/mol. The van der Waals surface area contributed by atoms with Crippen LogP contribution in [0.15, 0.2) is 12.1 Å². The van der Waals surface area contributed by atoms with Gasteiger partial charge in [-0.15, -0.1) is 0 Å². The molecule has 0 saturated carbocycles. The van der Waals surface area contributed by atoms with Crippen LogP contribution in [0.2, 0.25) is 0 Å². The minimum absolute atomic E-state index is 0.293. The van der Waals surface area contributed by atoms with Crippen molar-refractivity contribution in [1.29, 1.82) is 0 Å². The lowest BCUT2D eigenvalue weighted by Gasteiger charge is -2.18. The number of aryl methyl sites for hydroxylation is 1. The molecule has 17 heavy (non-hydrogen) atoms. The summed E-state index contributed by atoms with van der Waals surface area (Å²) in [4.78, 5) is 10.4. The number of hydrogen-bond donors (Lipinski definition) is 5. The number of carbonyl (C=O) groups is 1. The van der Waals surface area contributed by atoms with Gasteiger partial charge in [0.25, 0.3) is 0 Å². The Morgan fingerprint density at radius 3 is 2.41 bits per heavy atom. The molecule has 0 heterocycles. The van der Waals surface area contributed by atoms with Gasteiger partial charge in [-0.1, -0.05) is 6.07 Å². The molecule has 2 atom stereocenters. The van der Waals surface area contributed by atoms with Crippen LogP contribution in [0.4, 0.5) is 11.4 Å². The largest absolute Gasteiger partial charge is 0.481 e. The van der Waals surface area contributed by atoms with Gasteiger partial charge in [0.05, 0.1) is 23.9 Å². The molecule has 0 aliphatic carbocycles. The van der Waals surface area contributed by atoms with Crippen molar-refractivity contribution in [3.63, 3.8) is 0 Å². The van der Waals surface area contributed by atoms with Crippen molar-refractivity contribution in [2.45, 2.75) is 25.6 Å². The van der Waals surface area contributed by atoms with Gasteiger partial charge in [-0.05, 0) is 24.1 Å². The van der Waals surface area contributed by atoms with Crippen molar-refractivity contribution >= 4 is 17.3 Å². The van der Waals surface area contributed by atoms with Crippen molar-refractivity contribution in [3.8, 4) is 0 Å². The number of aliphatic hydroxyl groups is 2. The lowest BCUT2D eigenvalue weighted by molar-refractivity contribution is -0.141. The second-order valence-electron chi connectivity index (χ2n) is 3.95. The van der Waals surface area contributed by atoms with Crippen LogP contribution in [0.3, 0.4) is 0 Å². The van der Waals surface area contributed by atoms with E-state index in [4.69, 9.17) is 16.6 Å². The first kappa shape index (κ1) is 13.3. The van der Waals surface area contributed by atoms with Crippen LogP contribution in [-0.2, 0) is 4.79 Å². The molecule has 0 aliphatic heterocycles. The van der Waals surface area contributed by atoms with E-state index in [1.807, 2.05) is 0 Å². The van der Waals surface area contributed by atoms with Crippen LogP contribution in [-0.4, -0.2) is 27.4 Å². The van der Waals surface area contributed by atoms with Crippen molar-refractivity contribution in [3.05, 3.63) is 23.3 Å². The van der Waals surface area contributed by atoms with E-state index in [2.05, 4.69) is 0 Å². The zero-order chi connectivity index (χ0) is 13.2. The Morgan fingerprint density at radius 1 is 1.35 bits per heavy atom. The van der Waals surface area contributed by atoms with Gasteiger partial charge in [-0.25, -0.2) is 0 Å². The standard InChI is InChI=1S/C11H16N2O4/c1-5-2-6(3-7(12)10(5)13)11(17)8(14)4-9(15)16/h2-3,8,11,14,17H,4,12-13H2,1H3,(H,15,16). The fourth-order valence-corrected chi connectivity index (χ4v) is 1.54. The molecule has 6 nitrogen and oxygen atoms in total. The molecule has 0 amide bonds. The Morgan fingerprint density at radius 2 is 1.94 bits per heavy atom. The molecule has 0 bridgehead atoms. The maximum Gasteiger partial charge on any atom is 0.306 e. The molecule has 2 unspecified atom stereocenters. The molecule has 0 aliphatic rings. The summed E-state index contributed by atoms with van der Waals surface area (Å²) < 4.78 is 0. The van der Waals surface area contributed by atoms with Crippen LogP contribution in [0, 0.1) is 6.92 Å². The highest BCUT2D eigenvalue weighted by Gasteiger charge is 2.22. The third-order valence-electron chi connectivity index (χ3n) is 2.53. The van der Waals surface area contributed by atoms with Gasteiger partial charge in [0, 0.05) is 0 Å². The third kappa shape index (κ3) is 3.08. The highest BCUT2D eigenvalue weighted by Crippen LogP contribution is 2.27. The summed E-state index contributed by atoms with van der Waals surface area (Å²) >= 11 is 0. The molecule has 6 heteroatoms. The van der Waals surface area contributed by atoms with Gasteiger partial charge in [0.1, 0.15) is 6.10 Å². The molecule has 0 spiro atoms. The van der Waals surface area contributed by atoms with Crippen LogP contribution in [0.1, 0.15) is 23.7 Å². The smallest absolute Gasteiger partial charge is 0.306 e. The number of hydrogen-bond acceptors (Lipinski definition) is 5. The highest BCUT2D eigenvalue weighted by atomic mass is 16.4. The van der Waals surface area contributed by atoms with Gasteiger partial charge in [0.2, 0.25) is 0 Å².